The van der Waals surface area contributed by atoms with Gasteiger partial charge in [0.2, 0.25) is 10.0 Å². The van der Waals surface area contributed by atoms with Crippen molar-refractivity contribution in [1.29, 1.82) is 0 Å². The van der Waals surface area contributed by atoms with E-state index in [1.54, 1.807) is 0 Å². The molecule has 0 bridgehead atoms. The Hall–Kier alpha value is -2.63. The lowest BCUT2D eigenvalue weighted by Gasteiger charge is -2.26. The van der Waals surface area contributed by atoms with Crippen molar-refractivity contribution in [2.45, 2.75) is 11.1 Å². The summed E-state index contributed by atoms with van der Waals surface area (Å²) in [6.45, 7) is 0.703. The zero-order valence-electron chi connectivity index (χ0n) is 15.7. The first kappa shape index (κ1) is 22.1. The van der Waals surface area contributed by atoms with E-state index in [1.165, 1.54) is 40.7 Å². The molecule has 0 atom stereocenters. The van der Waals surface area contributed by atoms with Gasteiger partial charge < -0.3 is 14.8 Å². The third-order valence-electron chi connectivity index (χ3n) is 4.28. The van der Waals surface area contributed by atoms with Crippen LogP contribution in [-0.4, -0.2) is 51.5 Å². The first-order chi connectivity index (χ1) is 14.2. The molecule has 162 valence electrons. The molecule has 0 aliphatic carbocycles. The third kappa shape index (κ3) is 5.49. The highest BCUT2D eigenvalue weighted by molar-refractivity contribution is 7.89. The third-order valence-corrected chi connectivity index (χ3v) is 6.19. The van der Waals surface area contributed by atoms with Gasteiger partial charge in [-0.15, -0.1) is 0 Å². The van der Waals surface area contributed by atoms with Crippen LogP contribution in [0.3, 0.4) is 0 Å². The molecule has 1 heterocycles. The number of carbonyl (C=O) groups is 1. The molecule has 7 nitrogen and oxygen atoms in total. The van der Waals surface area contributed by atoms with E-state index in [1.807, 2.05) is 0 Å². The van der Waals surface area contributed by atoms with Crippen molar-refractivity contribution in [3.63, 3.8) is 0 Å². The topological polar surface area (TPSA) is 84.9 Å². The Morgan fingerprint density at radius 1 is 1.10 bits per heavy atom. The zero-order chi connectivity index (χ0) is 21.8. The SMILES string of the molecule is O=C(COc1cccc(C(F)(F)F)c1)Nc1ccc(S(=O)(=O)N2CCOCC2)cc1. The average molecular weight is 444 g/mol. The predicted octanol–water partition coefficient (Wildman–Crippen LogP) is 2.74. The van der Waals surface area contributed by atoms with Gasteiger partial charge in [-0.25, -0.2) is 8.42 Å². The molecule has 2 aromatic rings. The van der Waals surface area contributed by atoms with Crippen molar-refractivity contribution >= 4 is 21.6 Å². The lowest BCUT2D eigenvalue weighted by molar-refractivity contribution is -0.137. The highest BCUT2D eigenvalue weighted by atomic mass is 32.2. The Balaban J connectivity index is 1.57. The number of morpholine rings is 1. The maximum Gasteiger partial charge on any atom is 0.416 e. The Kier molecular flexibility index (Phi) is 6.64. The first-order valence-corrected chi connectivity index (χ1v) is 10.4. The summed E-state index contributed by atoms with van der Waals surface area (Å²) in [5.41, 5.74) is -0.550. The van der Waals surface area contributed by atoms with E-state index in [2.05, 4.69) is 5.32 Å². The lowest BCUT2D eigenvalue weighted by atomic mass is 10.2. The van der Waals surface area contributed by atoms with Gasteiger partial charge in [0.05, 0.1) is 23.7 Å². The minimum Gasteiger partial charge on any atom is -0.484 e. The van der Waals surface area contributed by atoms with E-state index in [-0.39, 0.29) is 23.7 Å². The van der Waals surface area contributed by atoms with Crippen molar-refractivity contribution < 1.29 is 35.9 Å². The van der Waals surface area contributed by atoms with Crippen LogP contribution in [0.1, 0.15) is 5.56 Å². The fraction of sp³-hybridized carbons (Fsp3) is 0.316. The normalized spacial score (nSPS) is 15.6. The maximum atomic E-state index is 12.7. The number of nitrogens with one attached hydrogen (secondary N) is 1. The Bertz CT molecular complexity index is 988. The summed E-state index contributed by atoms with van der Waals surface area (Å²) in [4.78, 5) is 12.1. The van der Waals surface area contributed by atoms with Gasteiger partial charge in [-0.1, -0.05) is 6.07 Å². The minimum atomic E-state index is -4.51. The fourth-order valence-electron chi connectivity index (χ4n) is 2.75. The largest absolute Gasteiger partial charge is 0.484 e. The van der Waals surface area contributed by atoms with Gasteiger partial charge in [-0.2, -0.15) is 17.5 Å². The zero-order valence-corrected chi connectivity index (χ0v) is 16.5. The second kappa shape index (κ2) is 9.02. The number of anilines is 1. The molecule has 11 heteroatoms. The summed E-state index contributed by atoms with van der Waals surface area (Å²) in [6, 6.07) is 9.79. The van der Waals surface area contributed by atoms with Crippen LogP contribution < -0.4 is 10.1 Å². The minimum absolute atomic E-state index is 0.0858. The molecule has 0 aromatic heterocycles. The van der Waals surface area contributed by atoms with Crippen molar-refractivity contribution in [3.05, 3.63) is 54.1 Å². The molecule has 2 aromatic carbocycles. The molecule has 0 spiro atoms. The van der Waals surface area contributed by atoms with E-state index in [9.17, 15) is 26.4 Å². The van der Waals surface area contributed by atoms with Gasteiger partial charge in [0.25, 0.3) is 5.91 Å². The van der Waals surface area contributed by atoms with Crippen molar-refractivity contribution in [1.82, 2.24) is 4.31 Å². The predicted molar refractivity (Wildman–Crippen MR) is 102 cm³/mol. The summed E-state index contributed by atoms with van der Waals surface area (Å²) in [5, 5.41) is 2.50. The number of hydrogen-bond donors (Lipinski definition) is 1. The molecule has 1 amide bonds. The molecule has 0 saturated carbocycles. The smallest absolute Gasteiger partial charge is 0.416 e. The fourth-order valence-corrected chi connectivity index (χ4v) is 4.16. The van der Waals surface area contributed by atoms with Crippen LogP contribution in [0.5, 0.6) is 5.75 Å². The van der Waals surface area contributed by atoms with Crippen LogP contribution >= 0.6 is 0 Å². The Morgan fingerprint density at radius 2 is 1.77 bits per heavy atom. The van der Waals surface area contributed by atoms with Gasteiger partial charge >= 0.3 is 6.18 Å². The summed E-state index contributed by atoms with van der Waals surface area (Å²) >= 11 is 0. The quantitative estimate of drug-likeness (QED) is 0.741. The number of ether oxygens (including phenoxy) is 2. The van der Waals surface area contributed by atoms with Gasteiger partial charge in [-0.05, 0) is 42.5 Å². The number of sulfonamides is 1. The molecule has 1 aliphatic heterocycles. The van der Waals surface area contributed by atoms with E-state index in [4.69, 9.17) is 9.47 Å². The van der Waals surface area contributed by atoms with Crippen LogP contribution in [0.25, 0.3) is 0 Å². The molecular weight excluding hydrogens is 425 g/mol. The number of nitrogens with zero attached hydrogens (tertiary/aromatic N) is 1. The van der Waals surface area contributed by atoms with E-state index in [0.717, 1.165) is 12.1 Å². The molecule has 30 heavy (non-hydrogen) atoms. The first-order valence-electron chi connectivity index (χ1n) is 8.94. The van der Waals surface area contributed by atoms with Crippen LogP contribution in [0, 0.1) is 0 Å². The van der Waals surface area contributed by atoms with E-state index < -0.39 is 34.3 Å². The molecule has 3 rings (SSSR count). The van der Waals surface area contributed by atoms with Crippen molar-refractivity contribution in [3.8, 4) is 5.75 Å². The lowest BCUT2D eigenvalue weighted by Crippen LogP contribution is -2.40. The summed E-state index contributed by atoms with van der Waals surface area (Å²) in [5.74, 6) is -0.692. The highest BCUT2D eigenvalue weighted by Crippen LogP contribution is 2.31. The molecular formula is C19H19F3N2O5S. The highest BCUT2D eigenvalue weighted by Gasteiger charge is 2.30. The number of carbonyl (C=O) groups excluding carboxylic acids is 1. The van der Waals surface area contributed by atoms with E-state index in [0.29, 0.717) is 18.9 Å². The molecule has 0 radical (unpaired) electrons. The summed E-state index contributed by atoms with van der Waals surface area (Å²) < 4.78 is 74.8. The van der Waals surface area contributed by atoms with Crippen LogP contribution in [0.2, 0.25) is 0 Å². The van der Waals surface area contributed by atoms with Crippen molar-refractivity contribution in [2.24, 2.45) is 0 Å². The average Bonchev–Trinajstić information content (AvgIpc) is 2.73. The number of halogens is 3. The van der Waals surface area contributed by atoms with E-state index >= 15 is 0 Å². The van der Waals surface area contributed by atoms with Crippen LogP contribution in [-0.2, 0) is 25.7 Å². The molecule has 1 aliphatic rings. The second-order valence-electron chi connectivity index (χ2n) is 6.40. The number of hydrogen-bond acceptors (Lipinski definition) is 5. The van der Waals surface area contributed by atoms with Gasteiger partial charge in [0.1, 0.15) is 5.75 Å². The Morgan fingerprint density at radius 3 is 2.40 bits per heavy atom. The number of amides is 1. The standard InChI is InChI=1S/C19H19F3N2O5S/c20-19(21,22)14-2-1-3-16(12-14)29-13-18(25)23-15-4-6-17(7-5-15)30(26,27)24-8-10-28-11-9-24/h1-7,12H,8-11,13H2,(H,23,25). The molecule has 1 fully saturated rings. The monoisotopic (exact) mass is 444 g/mol. The number of alkyl halides is 3. The van der Waals surface area contributed by atoms with Crippen LogP contribution in [0.15, 0.2) is 53.4 Å². The number of benzene rings is 2. The van der Waals surface area contributed by atoms with Crippen LogP contribution in [0.4, 0.5) is 18.9 Å². The molecule has 0 unspecified atom stereocenters. The maximum absolute atomic E-state index is 12.7. The molecule has 1 N–H and O–H groups in total. The van der Waals surface area contributed by atoms with Crippen molar-refractivity contribution in [2.75, 3.05) is 38.2 Å². The summed E-state index contributed by atoms with van der Waals surface area (Å²) in [7, 11) is -3.65. The second-order valence-corrected chi connectivity index (χ2v) is 8.34. The van der Waals surface area contributed by atoms with Gasteiger partial charge in [0, 0.05) is 18.8 Å². The van der Waals surface area contributed by atoms with Gasteiger partial charge in [-0.3, -0.25) is 4.79 Å². The Labute approximate surface area is 171 Å². The van der Waals surface area contributed by atoms with Gasteiger partial charge in [0.15, 0.2) is 6.61 Å². The number of rotatable bonds is 6. The summed E-state index contributed by atoms with van der Waals surface area (Å²) in [6.07, 6.45) is -4.51. The molecule has 1 saturated heterocycles.